The zero-order valence-electron chi connectivity index (χ0n) is 19.3. The Kier molecular flexibility index (Phi) is 7.41. The van der Waals surface area contributed by atoms with Crippen molar-refractivity contribution in [3.05, 3.63) is 92.9 Å². The van der Waals surface area contributed by atoms with Gasteiger partial charge in [0, 0.05) is 15.7 Å². The smallest absolute Gasteiger partial charge is 0.406 e. The maximum atomic E-state index is 13.3. The lowest BCUT2D eigenvalue weighted by Crippen LogP contribution is -2.38. The van der Waals surface area contributed by atoms with Gasteiger partial charge in [-0.3, -0.25) is 0 Å². The van der Waals surface area contributed by atoms with Crippen molar-refractivity contribution in [2.75, 3.05) is 11.9 Å². The van der Waals surface area contributed by atoms with E-state index in [1.54, 1.807) is 31.2 Å². The molecule has 3 aromatic carbocycles. The minimum Gasteiger partial charge on any atom is -0.406 e. The Hall–Kier alpha value is -3.25. The molecule has 1 aliphatic rings. The highest BCUT2D eigenvalue weighted by Gasteiger charge is 2.44. The van der Waals surface area contributed by atoms with Crippen LogP contribution in [0.4, 0.5) is 36.8 Å². The van der Waals surface area contributed by atoms with Gasteiger partial charge in [-0.1, -0.05) is 45.7 Å². The van der Waals surface area contributed by atoms with E-state index >= 15 is 0 Å². The number of carbonyl (C=O) groups excluding carboxylic acids is 1. The summed E-state index contributed by atoms with van der Waals surface area (Å²) in [5.74, 6) is -0.455. The van der Waals surface area contributed by atoms with E-state index in [0.29, 0.717) is 11.3 Å². The number of anilines is 1. The number of nitrogens with one attached hydrogen (secondary N) is 1. The van der Waals surface area contributed by atoms with Crippen molar-refractivity contribution >= 4 is 45.0 Å². The van der Waals surface area contributed by atoms with Gasteiger partial charge in [0.2, 0.25) is 0 Å². The number of benzene rings is 3. The first-order chi connectivity index (χ1) is 17.7. The lowest BCUT2D eigenvalue weighted by atomic mass is 9.76. The minimum absolute atomic E-state index is 0.0667. The highest BCUT2D eigenvalue weighted by atomic mass is 79.9. The minimum atomic E-state index is -4.88. The summed E-state index contributed by atoms with van der Waals surface area (Å²) in [5, 5.41) is 7.62. The Morgan fingerprint density at radius 1 is 1.03 bits per heavy atom. The Balaban J connectivity index is 1.72. The number of urea groups is 1. The maximum absolute atomic E-state index is 13.3. The molecule has 1 atom stereocenters. The van der Waals surface area contributed by atoms with Crippen molar-refractivity contribution in [2.45, 2.75) is 24.9 Å². The zero-order valence-corrected chi connectivity index (χ0v) is 21.6. The molecule has 0 aromatic heterocycles. The number of amides is 2. The molecule has 3 aromatic rings. The summed E-state index contributed by atoms with van der Waals surface area (Å²) in [5.41, 5.74) is -0.850. The standard InChI is InChI=1S/C25H17BrClF6N3O2/c1-23(15-3-9-18(10-4-15)38-25(31,32)33)13-36(22(37)34-17-7-5-16(26)6-8-17)35-21(23)14-2-11-19(20(27)12-14)24(28,29)30/h2-12H,13H2,1H3,(H,34,37). The van der Waals surface area contributed by atoms with Gasteiger partial charge < -0.3 is 10.1 Å². The molecule has 0 bridgehead atoms. The van der Waals surface area contributed by atoms with E-state index in [1.807, 2.05) is 0 Å². The van der Waals surface area contributed by atoms with Crippen LogP contribution in [0.2, 0.25) is 5.02 Å². The first kappa shape index (κ1) is 27.8. The van der Waals surface area contributed by atoms with Gasteiger partial charge in [0.25, 0.3) is 0 Å². The molecule has 5 nitrogen and oxygen atoms in total. The van der Waals surface area contributed by atoms with Crippen molar-refractivity contribution in [2.24, 2.45) is 5.10 Å². The third-order valence-corrected chi connectivity index (χ3v) is 6.65. The number of rotatable bonds is 4. The van der Waals surface area contributed by atoms with Gasteiger partial charge in [-0.25, -0.2) is 9.80 Å². The second kappa shape index (κ2) is 10.1. The van der Waals surface area contributed by atoms with Crippen LogP contribution in [0.1, 0.15) is 23.6 Å². The summed E-state index contributed by atoms with van der Waals surface area (Å²) in [7, 11) is 0. The second-order valence-corrected chi connectivity index (χ2v) is 9.86. The molecule has 1 unspecified atom stereocenters. The third-order valence-electron chi connectivity index (χ3n) is 5.81. The predicted molar refractivity (Wildman–Crippen MR) is 133 cm³/mol. The molecule has 1 heterocycles. The van der Waals surface area contributed by atoms with Gasteiger partial charge in [0.05, 0.1) is 28.3 Å². The first-order valence-electron chi connectivity index (χ1n) is 10.8. The van der Waals surface area contributed by atoms with Gasteiger partial charge in [-0.2, -0.15) is 18.3 Å². The molecule has 13 heteroatoms. The number of alkyl halides is 6. The van der Waals surface area contributed by atoms with Crippen molar-refractivity contribution < 1.29 is 35.9 Å². The number of hydrogen-bond acceptors (Lipinski definition) is 3. The molecule has 200 valence electrons. The number of halogens is 8. The largest absolute Gasteiger partial charge is 0.573 e. The molecule has 4 rings (SSSR count). The molecule has 0 spiro atoms. The van der Waals surface area contributed by atoms with Gasteiger partial charge in [0.15, 0.2) is 0 Å². The summed E-state index contributed by atoms with van der Waals surface area (Å²) in [6.07, 6.45) is -9.56. The highest BCUT2D eigenvalue weighted by Crippen LogP contribution is 2.40. The fraction of sp³-hybridized carbons (Fsp3) is 0.200. The third kappa shape index (κ3) is 6.07. The lowest BCUT2D eigenvalue weighted by Gasteiger charge is -2.27. The fourth-order valence-corrected chi connectivity index (χ4v) is 4.55. The van der Waals surface area contributed by atoms with E-state index < -0.39 is 40.3 Å². The first-order valence-corrected chi connectivity index (χ1v) is 12.0. The van der Waals surface area contributed by atoms with Crippen LogP contribution in [0.25, 0.3) is 0 Å². The number of nitrogens with zero attached hydrogens (tertiary/aromatic N) is 2. The van der Waals surface area contributed by atoms with Crippen LogP contribution in [0, 0.1) is 0 Å². The van der Waals surface area contributed by atoms with E-state index in [9.17, 15) is 31.1 Å². The van der Waals surface area contributed by atoms with Crippen LogP contribution in [0.3, 0.4) is 0 Å². The van der Waals surface area contributed by atoms with Crippen LogP contribution in [-0.2, 0) is 11.6 Å². The lowest BCUT2D eigenvalue weighted by molar-refractivity contribution is -0.274. The quantitative estimate of drug-likeness (QED) is 0.299. The normalized spacial score (nSPS) is 17.8. The molecule has 0 saturated heterocycles. The van der Waals surface area contributed by atoms with Crippen molar-refractivity contribution in [1.82, 2.24) is 5.01 Å². The average Bonchev–Trinajstić information content (AvgIpc) is 3.18. The van der Waals surface area contributed by atoms with Crippen LogP contribution in [0.5, 0.6) is 5.75 Å². The summed E-state index contributed by atoms with van der Waals surface area (Å²) in [6, 6.07) is 14.2. The predicted octanol–water partition coefficient (Wildman–Crippen LogP) is 8.23. The molecular formula is C25H17BrClF6N3O2. The van der Waals surface area contributed by atoms with Gasteiger partial charge in [0.1, 0.15) is 5.75 Å². The molecule has 1 aliphatic heterocycles. The van der Waals surface area contributed by atoms with Crippen LogP contribution in [0.15, 0.2) is 76.3 Å². The molecule has 38 heavy (non-hydrogen) atoms. The highest BCUT2D eigenvalue weighted by molar-refractivity contribution is 9.10. The number of carbonyl (C=O) groups is 1. The van der Waals surface area contributed by atoms with Crippen LogP contribution < -0.4 is 10.1 Å². The Morgan fingerprint density at radius 3 is 2.21 bits per heavy atom. The van der Waals surface area contributed by atoms with E-state index in [2.05, 4.69) is 31.1 Å². The molecule has 0 saturated carbocycles. The summed E-state index contributed by atoms with van der Waals surface area (Å²) < 4.78 is 82.3. The average molecular weight is 621 g/mol. The Labute approximate surface area is 226 Å². The second-order valence-electron chi connectivity index (χ2n) is 8.54. The van der Waals surface area contributed by atoms with E-state index in [4.69, 9.17) is 11.6 Å². The molecule has 0 aliphatic carbocycles. The van der Waals surface area contributed by atoms with Crippen molar-refractivity contribution in [3.63, 3.8) is 0 Å². The Morgan fingerprint density at radius 2 is 1.66 bits per heavy atom. The fourth-order valence-electron chi connectivity index (χ4n) is 4.00. The molecule has 1 N–H and O–H groups in total. The Bertz CT molecular complexity index is 1380. The van der Waals surface area contributed by atoms with Crippen molar-refractivity contribution in [3.8, 4) is 5.75 Å². The van der Waals surface area contributed by atoms with E-state index in [-0.39, 0.29) is 17.8 Å². The number of hydrazone groups is 1. The SMILES string of the molecule is CC1(c2ccc(OC(F)(F)F)cc2)CN(C(=O)Nc2ccc(Br)cc2)N=C1c1ccc(C(F)(F)F)c(Cl)c1. The van der Waals surface area contributed by atoms with Gasteiger partial charge in [-0.15, -0.1) is 13.2 Å². The zero-order chi connectivity index (χ0) is 27.9. The van der Waals surface area contributed by atoms with Gasteiger partial charge in [-0.05, 0) is 61.0 Å². The van der Waals surface area contributed by atoms with Crippen molar-refractivity contribution in [1.29, 1.82) is 0 Å². The van der Waals surface area contributed by atoms with E-state index in [0.717, 1.165) is 33.7 Å². The van der Waals surface area contributed by atoms with Crippen LogP contribution in [-0.4, -0.2) is 29.7 Å². The van der Waals surface area contributed by atoms with Crippen LogP contribution >= 0.6 is 27.5 Å². The molecule has 2 amide bonds. The summed E-state index contributed by atoms with van der Waals surface area (Å²) in [6.45, 7) is 1.60. The van der Waals surface area contributed by atoms with E-state index in [1.165, 1.54) is 18.2 Å². The molecule has 0 fully saturated rings. The monoisotopic (exact) mass is 619 g/mol. The molecule has 0 radical (unpaired) electrons. The number of hydrogen-bond donors (Lipinski definition) is 1. The topological polar surface area (TPSA) is 53.9 Å². The summed E-state index contributed by atoms with van der Waals surface area (Å²) in [4.78, 5) is 13.0. The number of ether oxygens (including phenoxy) is 1. The summed E-state index contributed by atoms with van der Waals surface area (Å²) >= 11 is 9.24. The molecular weight excluding hydrogens is 604 g/mol. The maximum Gasteiger partial charge on any atom is 0.573 e. The van der Waals surface area contributed by atoms with Gasteiger partial charge >= 0.3 is 18.6 Å².